The zero-order valence-corrected chi connectivity index (χ0v) is 13.8. The van der Waals surface area contributed by atoms with E-state index < -0.39 is 4.92 Å². The number of benzene rings is 2. The molecular weight excluding hydrogens is 325 g/mol. The van der Waals surface area contributed by atoms with Crippen molar-refractivity contribution in [1.82, 2.24) is 0 Å². The number of carbonyl (C=O) groups excluding carboxylic acids is 1. The molecule has 0 atom stereocenters. The Kier molecular flexibility index (Phi) is 4.65. The molecule has 3 rings (SSSR count). The molecule has 6 nitrogen and oxygen atoms in total. The number of non-ortho nitro benzene ring substituents is 1. The third-order valence-electron chi connectivity index (χ3n) is 4.38. The number of Topliss-reactive ketones (excluding diaryl/α,β-unsaturated/α-hetero) is 1. The van der Waals surface area contributed by atoms with E-state index in [0.29, 0.717) is 18.7 Å². The number of hydrogen-bond acceptors (Lipinski definition) is 5. The summed E-state index contributed by atoms with van der Waals surface area (Å²) in [7, 11) is 0. The molecule has 0 aromatic heterocycles. The summed E-state index contributed by atoms with van der Waals surface area (Å²) in [5, 5.41) is 10.9. The van der Waals surface area contributed by atoms with Gasteiger partial charge in [0.2, 0.25) is 0 Å². The van der Waals surface area contributed by atoms with E-state index in [1.165, 1.54) is 31.2 Å². The largest absolute Gasteiger partial charge is 0.368 e. The Hall–Kier alpha value is -2.96. The van der Waals surface area contributed by atoms with Crippen LogP contribution in [-0.2, 0) is 0 Å². The first kappa shape index (κ1) is 16.9. The van der Waals surface area contributed by atoms with Crippen molar-refractivity contribution in [2.24, 2.45) is 0 Å². The van der Waals surface area contributed by atoms with E-state index in [0.717, 1.165) is 24.5 Å². The molecule has 0 spiro atoms. The Labute approximate surface area is 144 Å². The lowest BCUT2D eigenvalue weighted by atomic mass is 10.1. The van der Waals surface area contributed by atoms with Gasteiger partial charge in [0.15, 0.2) is 5.78 Å². The van der Waals surface area contributed by atoms with Crippen molar-refractivity contribution >= 4 is 22.8 Å². The Morgan fingerprint density at radius 1 is 1.04 bits per heavy atom. The fraction of sp³-hybridized carbons (Fsp3) is 0.278. The summed E-state index contributed by atoms with van der Waals surface area (Å²) in [6.45, 7) is 4.21. The monoisotopic (exact) mass is 343 g/mol. The Bertz CT molecular complexity index is 800. The highest BCUT2D eigenvalue weighted by molar-refractivity contribution is 6.00. The van der Waals surface area contributed by atoms with E-state index in [4.69, 9.17) is 0 Å². The zero-order valence-electron chi connectivity index (χ0n) is 13.8. The Morgan fingerprint density at radius 2 is 1.64 bits per heavy atom. The van der Waals surface area contributed by atoms with E-state index in [1.54, 1.807) is 18.2 Å². The minimum atomic E-state index is -0.497. The molecule has 2 aromatic carbocycles. The molecule has 0 amide bonds. The SMILES string of the molecule is CC(=O)c1cc([N+](=O)[O-])ccc1N1CCN(c2ccc(F)cc2)CC1. The number of nitro benzene ring substituents is 1. The number of ketones is 1. The third-order valence-corrected chi connectivity index (χ3v) is 4.38. The second kappa shape index (κ2) is 6.88. The molecule has 130 valence electrons. The standard InChI is InChI=1S/C18H18FN3O3/c1-13(23)17-12-16(22(24)25)6-7-18(17)21-10-8-20(9-11-21)15-4-2-14(19)3-5-15/h2-7,12H,8-11H2,1H3. The number of carbonyl (C=O) groups is 1. The summed E-state index contributed by atoms with van der Waals surface area (Å²) in [5.41, 5.74) is 1.96. The molecule has 0 N–H and O–H groups in total. The summed E-state index contributed by atoms with van der Waals surface area (Å²) < 4.78 is 13.0. The molecule has 2 aromatic rings. The molecule has 0 bridgehead atoms. The summed E-state index contributed by atoms with van der Waals surface area (Å²) in [6.07, 6.45) is 0. The zero-order chi connectivity index (χ0) is 18.0. The summed E-state index contributed by atoms with van der Waals surface area (Å²) in [4.78, 5) is 26.5. The first-order chi connectivity index (χ1) is 12.0. The highest BCUT2D eigenvalue weighted by atomic mass is 19.1. The third kappa shape index (κ3) is 3.60. The van der Waals surface area contributed by atoms with Crippen LogP contribution in [0.15, 0.2) is 42.5 Å². The van der Waals surface area contributed by atoms with Crippen molar-refractivity contribution in [2.75, 3.05) is 36.0 Å². The summed E-state index contributed by atoms with van der Waals surface area (Å²) in [6, 6.07) is 10.8. The number of rotatable bonds is 4. The fourth-order valence-electron chi connectivity index (χ4n) is 3.05. The molecular formula is C18H18FN3O3. The van der Waals surface area contributed by atoms with Gasteiger partial charge < -0.3 is 9.80 Å². The van der Waals surface area contributed by atoms with Crippen LogP contribution in [0, 0.1) is 15.9 Å². The van der Waals surface area contributed by atoms with Crippen LogP contribution in [0.2, 0.25) is 0 Å². The Balaban J connectivity index is 1.77. The van der Waals surface area contributed by atoms with Crippen LogP contribution < -0.4 is 9.80 Å². The molecule has 1 fully saturated rings. The molecule has 0 unspecified atom stereocenters. The van der Waals surface area contributed by atoms with Gasteiger partial charge in [0.25, 0.3) is 5.69 Å². The van der Waals surface area contributed by atoms with Gasteiger partial charge >= 0.3 is 0 Å². The van der Waals surface area contributed by atoms with E-state index in [2.05, 4.69) is 9.80 Å². The quantitative estimate of drug-likeness (QED) is 0.484. The molecule has 1 aliphatic rings. The average molecular weight is 343 g/mol. The van der Waals surface area contributed by atoms with E-state index in [-0.39, 0.29) is 17.3 Å². The second-order valence-corrected chi connectivity index (χ2v) is 5.97. The first-order valence-electron chi connectivity index (χ1n) is 8.00. The predicted octanol–water partition coefficient (Wildman–Crippen LogP) is 3.26. The minimum Gasteiger partial charge on any atom is -0.368 e. The molecule has 0 saturated carbocycles. The predicted molar refractivity (Wildman–Crippen MR) is 93.9 cm³/mol. The molecule has 1 saturated heterocycles. The van der Waals surface area contributed by atoms with Gasteiger partial charge in [-0.2, -0.15) is 0 Å². The number of piperazine rings is 1. The minimum absolute atomic E-state index is 0.0844. The lowest BCUT2D eigenvalue weighted by molar-refractivity contribution is -0.384. The van der Waals surface area contributed by atoms with Crippen LogP contribution in [0.3, 0.4) is 0 Å². The number of hydrogen-bond donors (Lipinski definition) is 0. The molecule has 1 aliphatic heterocycles. The van der Waals surface area contributed by atoms with Gasteiger partial charge in [-0.25, -0.2) is 4.39 Å². The number of nitro groups is 1. The van der Waals surface area contributed by atoms with Gasteiger partial charge in [0.1, 0.15) is 5.82 Å². The lowest BCUT2D eigenvalue weighted by Crippen LogP contribution is -2.47. The van der Waals surface area contributed by atoms with Crippen LogP contribution in [0.1, 0.15) is 17.3 Å². The molecule has 1 heterocycles. The highest BCUT2D eigenvalue weighted by Crippen LogP contribution is 2.28. The molecule has 25 heavy (non-hydrogen) atoms. The van der Waals surface area contributed by atoms with Crippen LogP contribution in [0.5, 0.6) is 0 Å². The van der Waals surface area contributed by atoms with E-state index in [9.17, 15) is 19.3 Å². The lowest BCUT2D eigenvalue weighted by Gasteiger charge is -2.38. The van der Waals surface area contributed by atoms with Gasteiger partial charge in [-0.3, -0.25) is 14.9 Å². The molecule has 0 aliphatic carbocycles. The van der Waals surface area contributed by atoms with Gasteiger partial charge in [-0.15, -0.1) is 0 Å². The number of halogens is 1. The van der Waals surface area contributed by atoms with Crippen LogP contribution in [0.4, 0.5) is 21.5 Å². The smallest absolute Gasteiger partial charge is 0.270 e. The second-order valence-electron chi connectivity index (χ2n) is 5.97. The van der Waals surface area contributed by atoms with Crippen molar-refractivity contribution in [2.45, 2.75) is 6.92 Å². The summed E-state index contributed by atoms with van der Waals surface area (Å²) in [5.74, 6) is -0.459. The number of anilines is 2. The van der Waals surface area contributed by atoms with Gasteiger partial charge in [0, 0.05) is 55.2 Å². The van der Waals surface area contributed by atoms with Crippen LogP contribution in [0.25, 0.3) is 0 Å². The van der Waals surface area contributed by atoms with Crippen molar-refractivity contribution in [3.05, 3.63) is 64.0 Å². The van der Waals surface area contributed by atoms with Crippen LogP contribution >= 0.6 is 0 Å². The maximum atomic E-state index is 13.0. The van der Waals surface area contributed by atoms with E-state index in [1.807, 2.05) is 0 Å². The van der Waals surface area contributed by atoms with Gasteiger partial charge in [0.05, 0.1) is 4.92 Å². The van der Waals surface area contributed by atoms with Crippen molar-refractivity contribution in [3.8, 4) is 0 Å². The highest BCUT2D eigenvalue weighted by Gasteiger charge is 2.22. The molecule has 7 heteroatoms. The normalized spacial score (nSPS) is 14.5. The van der Waals surface area contributed by atoms with Gasteiger partial charge in [-0.05, 0) is 37.3 Å². The van der Waals surface area contributed by atoms with Crippen LogP contribution in [-0.4, -0.2) is 36.9 Å². The van der Waals surface area contributed by atoms with Crippen molar-refractivity contribution in [1.29, 1.82) is 0 Å². The van der Waals surface area contributed by atoms with Crippen molar-refractivity contribution < 1.29 is 14.1 Å². The van der Waals surface area contributed by atoms with Crippen molar-refractivity contribution in [3.63, 3.8) is 0 Å². The maximum Gasteiger partial charge on any atom is 0.270 e. The summed E-state index contributed by atoms with van der Waals surface area (Å²) >= 11 is 0. The topological polar surface area (TPSA) is 66.7 Å². The first-order valence-corrected chi connectivity index (χ1v) is 8.00. The average Bonchev–Trinajstić information content (AvgIpc) is 2.62. The number of nitrogens with zero attached hydrogens (tertiary/aromatic N) is 3. The fourth-order valence-corrected chi connectivity index (χ4v) is 3.05. The van der Waals surface area contributed by atoms with E-state index >= 15 is 0 Å². The molecule has 0 radical (unpaired) electrons. The maximum absolute atomic E-state index is 13.0. The van der Waals surface area contributed by atoms with Gasteiger partial charge in [-0.1, -0.05) is 0 Å². The Morgan fingerprint density at radius 3 is 2.20 bits per heavy atom.